The molecular formula is C18H27Cl4NO6. The lowest BCUT2D eigenvalue weighted by atomic mass is 10.0. The Labute approximate surface area is 191 Å². The Morgan fingerprint density at radius 1 is 0.966 bits per heavy atom. The molecule has 0 fully saturated rings. The van der Waals surface area contributed by atoms with Gasteiger partial charge in [0.2, 0.25) is 9.70 Å². The zero-order valence-electron chi connectivity index (χ0n) is 16.8. The van der Waals surface area contributed by atoms with Crippen molar-refractivity contribution in [3.8, 4) is 0 Å². The lowest BCUT2D eigenvalue weighted by Gasteiger charge is -2.22. The van der Waals surface area contributed by atoms with Gasteiger partial charge in [-0.2, -0.15) is 0 Å². The minimum atomic E-state index is -1.79. The maximum atomic E-state index is 12.4. The third kappa shape index (κ3) is 14.0. The van der Waals surface area contributed by atoms with Crippen LogP contribution in [-0.4, -0.2) is 52.1 Å². The molecule has 7 nitrogen and oxygen atoms in total. The summed E-state index contributed by atoms with van der Waals surface area (Å²) in [7, 11) is 0. The van der Waals surface area contributed by atoms with Crippen molar-refractivity contribution in [3.05, 3.63) is 0 Å². The Bertz CT molecular complexity index is 577. The molecule has 0 aliphatic rings. The molecule has 29 heavy (non-hydrogen) atoms. The van der Waals surface area contributed by atoms with Crippen molar-refractivity contribution in [1.82, 2.24) is 5.32 Å². The largest absolute Gasteiger partial charge is 0.460 e. The first kappa shape index (κ1) is 28.2. The van der Waals surface area contributed by atoms with E-state index in [4.69, 9.17) is 55.9 Å². The number of esters is 2. The van der Waals surface area contributed by atoms with Gasteiger partial charge in [-0.15, -0.1) is 11.6 Å². The van der Waals surface area contributed by atoms with Crippen molar-refractivity contribution >= 4 is 70.0 Å². The Hall–Kier alpha value is -0.760. The lowest BCUT2D eigenvalue weighted by Crippen LogP contribution is -2.45. The number of carbonyl (C=O) groups excluding carboxylic acids is 4. The Balaban J connectivity index is 5.14. The lowest BCUT2D eigenvalue weighted by molar-refractivity contribution is -0.155. The van der Waals surface area contributed by atoms with Crippen molar-refractivity contribution in [2.45, 2.75) is 62.9 Å². The van der Waals surface area contributed by atoms with Gasteiger partial charge < -0.3 is 14.8 Å². The third-order valence-corrected chi connectivity index (χ3v) is 3.97. The normalized spacial score (nSPS) is 13.7. The molecule has 0 bridgehead atoms. The highest BCUT2D eigenvalue weighted by Crippen LogP contribution is 2.26. The second-order valence-corrected chi connectivity index (χ2v) is 10.1. The number of carbonyl (C=O) groups is 4. The van der Waals surface area contributed by atoms with Crippen LogP contribution in [0, 0.1) is 11.8 Å². The number of Topliss-reactive ketones (excluding diaryl/α,β-unsaturated/α-hetero) is 1. The molecule has 0 saturated carbocycles. The highest BCUT2D eigenvalue weighted by atomic mass is 35.6. The summed E-state index contributed by atoms with van der Waals surface area (Å²) < 4.78 is 8.15. The van der Waals surface area contributed by atoms with Gasteiger partial charge in [0.15, 0.2) is 11.9 Å². The standard InChI is InChI=1S/C18H27Cl4NO6/c1-10(2)5-12(17(27)28-9-18(20,21)22)23-15(25)7-14(29-16(26)8-19)13(24)6-11(3)4/h10-12,14H,5-9H2,1-4H3,(H,23,25)/t12-,14?/m0/s1. The fourth-order valence-corrected chi connectivity index (χ4v) is 2.53. The summed E-state index contributed by atoms with van der Waals surface area (Å²) in [5.41, 5.74) is 0. The molecule has 1 N–H and O–H groups in total. The summed E-state index contributed by atoms with van der Waals surface area (Å²) >= 11 is 22.1. The van der Waals surface area contributed by atoms with E-state index in [1.165, 1.54) is 0 Å². The van der Waals surface area contributed by atoms with Crippen LogP contribution in [0.2, 0.25) is 0 Å². The number of nitrogens with one attached hydrogen (secondary N) is 1. The molecule has 0 radical (unpaired) electrons. The molecule has 0 aromatic carbocycles. The summed E-state index contributed by atoms with van der Waals surface area (Å²) in [6.07, 6.45) is -1.36. The van der Waals surface area contributed by atoms with E-state index in [1.807, 2.05) is 27.7 Å². The quantitative estimate of drug-likeness (QED) is 0.328. The number of ether oxygens (including phenoxy) is 2. The van der Waals surface area contributed by atoms with Crippen molar-refractivity contribution in [2.75, 3.05) is 12.5 Å². The van der Waals surface area contributed by atoms with Crippen molar-refractivity contribution < 1.29 is 28.7 Å². The molecule has 0 spiro atoms. The monoisotopic (exact) mass is 493 g/mol. The van der Waals surface area contributed by atoms with Gasteiger partial charge in [0.25, 0.3) is 0 Å². The summed E-state index contributed by atoms with van der Waals surface area (Å²) in [6.45, 7) is 6.84. The van der Waals surface area contributed by atoms with Crippen LogP contribution in [0.25, 0.3) is 0 Å². The van der Waals surface area contributed by atoms with Crippen LogP contribution >= 0.6 is 46.4 Å². The number of amides is 1. The van der Waals surface area contributed by atoms with Crippen LogP contribution in [0.15, 0.2) is 0 Å². The van der Waals surface area contributed by atoms with Crippen molar-refractivity contribution in [2.24, 2.45) is 11.8 Å². The van der Waals surface area contributed by atoms with Gasteiger partial charge in [-0.05, 0) is 18.3 Å². The number of alkyl halides is 4. The zero-order valence-corrected chi connectivity index (χ0v) is 19.8. The molecule has 0 heterocycles. The molecule has 11 heteroatoms. The molecule has 0 aromatic rings. The summed E-state index contributed by atoms with van der Waals surface area (Å²) in [6, 6.07) is -1.01. The van der Waals surface area contributed by atoms with Crippen molar-refractivity contribution in [3.63, 3.8) is 0 Å². The Morgan fingerprint density at radius 3 is 2.00 bits per heavy atom. The van der Waals surface area contributed by atoms with Crippen LogP contribution < -0.4 is 5.32 Å². The number of ketones is 1. The highest BCUT2D eigenvalue weighted by molar-refractivity contribution is 6.67. The van der Waals surface area contributed by atoms with Gasteiger partial charge in [0, 0.05) is 6.42 Å². The summed E-state index contributed by atoms with van der Waals surface area (Å²) in [4.78, 5) is 48.5. The van der Waals surface area contributed by atoms with E-state index >= 15 is 0 Å². The van der Waals surface area contributed by atoms with Crippen LogP contribution in [0.5, 0.6) is 0 Å². The molecule has 1 amide bonds. The minimum Gasteiger partial charge on any atom is -0.460 e. The van der Waals surface area contributed by atoms with E-state index in [1.54, 1.807) is 0 Å². The molecule has 0 aromatic heterocycles. The van der Waals surface area contributed by atoms with Crippen LogP contribution in [-0.2, 0) is 28.7 Å². The Morgan fingerprint density at radius 2 is 1.55 bits per heavy atom. The second kappa shape index (κ2) is 13.5. The van der Waals surface area contributed by atoms with E-state index in [2.05, 4.69) is 5.32 Å². The fraction of sp³-hybridized carbons (Fsp3) is 0.778. The number of halogens is 4. The average Bonchev–Trinajstić information content (AvgIpc) is 2.56. The predicted octanol–water partition coefficient (Wildman–Crippen LogP) is 3.59. The summed E-state index contributed by atoms with van der Waals surface area (Å²) in [5.74, 6) is -3.07. The van der Waals surface area contributed by atoms with Crippen molar-refractivity contribution in [1.29, 1.82) is 0 Å². The first-order chi connectivity index (χ1) is 13.2. The van der Waals surface area contributed by atoms with Gasteiger partial charge in [-0.25, -0.2) is 4.79 Å². The van der Waals surface area contributed by atoms with Gasteiger partial charge in [0.1, 0.15) is 18.5 Å². The van der Waals surface area contributed by atoms with Gasteiger partial charge in [0.05, 0.1) is 6.42 Å². The fourth-order valence-electron chi connectivity index (χ4n) is 2.31. The SMILES string of the molecule is CC(C)CC(=O)C(CC(=O)N[C@@H](CC(C)C)C(=O)OCC(Cl)(Cl)Cl)OC(=O)CCl. The maximum absolute atomic E-state index is 12.4. The van der Waals surface area contributed by atoms with Crippen LogP contribution in [0.1, 0.15) is 47.0 Å². The number of rotatable bonds is 12. The van der Waals surface area contributed by atoms with Gasteiger partial charge >= 0.3 is 11.9 Å². The van der Waals surface area contributed by atoms with E-state index in [-0.39, 0.29) is 24.7 Å². The van der Waals surface area contributed by atoms with E-state index in [9.17, 15) is 19.2 Å². The predicted molar refractivity (Wildman–Crippen MR) is 112 cm³/mol. The average molecular weight is 495 g/mol. The summed E-state index contributed by atoms with van der Waals surface area (Å²) in [5, 5.41) is 2.50. The van der Waals surface area contributed by atoms with Gasteiger partial charge in [-0.1, -0.05) is 62.5 Å². The van der Waals surface area contributed by atoms with E-state index in [0.717, 1.165) is 0 Å². The molecule has 0 rings (SSSR count). The van der Waals surface area contributed by atoms with Crippen LogP contribution in [0.4, 0.5) is 0 Å². The Kier molecular flexibility index (Phi) is 13.2. The molecule has 2 atom stereocenters. The molecule has 168 valence electrons. The molecular weight excluding hydrogens is 468 g/mol. The molecule has 0 aliphatic heterocycles. The zero-order chi connectivity index (χ0) is 22.8. The van der Waals surface area contributed by atoms with E-state index in [0.29, 0.717) is 0 Å². The number of hydrogen-bond donors (Lipinski definition) is 1. The third-order valence-electron chi connectivity index (χ3n) is 3.43. The molecule has 1 unspecified atom stereocenters. The van der Waals surface area contributed by atoms with Crippen LogP contribution in [0.3, 0.4) is 0 Å². The maximum Gasteiger partial charge on any atom is 0.328 e. The topological polar surface area (TPSA) is 98.8 Å². The van der Waals surface area contributed by atoms with Gasteiger partial charge in [-0.3, -0.25) is 14.4 Å². The first-order valence-electron chi connectivity index (χ1n) is 9.06. The number of hydrogen-bond acceptors (Lipinski definition) is 6. The highest BCUT2D eigenvalue weighted by Gasteiger charge is 2.31. The second-order valence-electron chi connectivity index (χ2n) is 7.35. The molecule has 0 aliphatic carbocycles. The first-order valence-corrected chi connectivity index (χ1v) is 10.7. The molecule has 0 saturated heterocycles. The minimum absolute atomic E-state index is 0.00774. The smallest absolute Gasteiger partial charge is 0.328 e. The van der Waals surface area contributed by atoms with E-state index < -0.39 is 58.5 Å².